The van der Waals surface area contributed by atoms with Gasteiger partial charge in [0.05, 0.1) is 13.0 Å². The fourth-order valence-corrected chi connectivity index (χ4v) is 1.96. The van der Waals surface area contributed by atoms with Gasteiger partial charge in [0.15, 0.2) is 5.78 Å². The Kier molecular flexibility index (Phi) is 2.22. The zero-order chi connectivity index (χ0) is 12.7. The van der Waals surface area contributed by atoms with Crippen LogP contribution in [0.2, 0.25) is 0 Å². The molecule has 1 amide bonds. The molecule has 2 aromatic rings. The van der Waals surface area contributed by atoms with Gasteiger partial charge >= 0.3 is 0 Å². The van der Waals surface area contributed by atoms with Crippen LogP contribution in [0.15, 0.2) is 29.1 Å². The fourth-order valence-electron chi connectivity index (χ4n) is 1.96. The number of Topliss-reactive ketones (excluding diaryl/α,β-unsaturated/α-hetero) is 1. The highest BCUT2D eigenvalue weighted by Crippen LogP contribution is 2.19. The van der Waals surface area contributed by atoms with Crippen molar-refractivity contribution in [2.24, 2.45) is 0 Å². The third-order valence-corrected chi connectivity index (χ3v) is 2.83. The monoisotopic (exact) mass is 243 g/mol. The molecule has 0 atom stereocenters. The standard InChI is InChI=1S/C12H9N3O3/c16-8-5-11(18)15(6-8)9-3-1-7-2-4-10(17)14-12(7)13-9/h1-4H,5-6H2,(H,13,14,17). The molecule has 1 N–H and O–H groups in total. The summed E-state index contributed by atoms with van der Waals surface area (Å²) in [4.78, 5) is 42.1. The summed E-state index contributed by atoms with van der Waals surface area (Å²) in [7, 11) is 0. The van der Waals surface area contributed by atoms with E-state index in [1.165, 1.54) is 11.0 Å². The normalized spacial score (nSPS) is 15.7. The predicted molar refractivity (Wildman–Crippen MR) is 64.3 cm³/mol. The average molecular weight is 243 g/mol. The van der Waals surface area contributed by atoms with E-state index in [0.717, 1.165) is 5.39 Å². The van der Waals surface area contributed by atoms with Gasteiger partial charge in [0.25, 0.3) is 0 Å². The summed E-state index contributed by atoms with van der Waals surface area (Å²) in [6, 6.07) is 6.48. The van der Waals surface area contributed by atoms with Crippen LogP contribution in [0.5, 0.6) is 0 Å². The summed E-state index contributed by atoms with van der Waals surface area (Å²) in [6.07, 6.45) is -0.0783. The summed E-state index contributed by atoms with van der Waals surface area (Å²) in [5.41, 5.74) is 0.156. The highest BCUT2D eigenvalue weighted by Gasteiger charge is 2.29. The molecule has 3 rings (SSSR count). The van der Waals surface area contributed by atoms with Gasteiger partial charge in [0.2, 0.25) is 11.5 Å². The van der Waals surface area contributed by atoms with Crippen LogP contribution >= 0.6 is 0 Å². The van der Waals surface area contributed by atoms with Gasteiger partial charge in [-0.2, -0.15) is 0 Å². The van der Waals surface area contributed by atoms with Crippen molar-refractivity contribution < 1.29 is 9.59 Å². The zero-order valence-corrected chi connectivity index (χ0v) is 9.34. The SMILES string of the molecule is O=C1CC(=O)N(c2ccc3ccc(=O)[nH]c3n2)C1. The van der Waals surface area contributed by atoms with Gasteiger partial charge in [-0.15, -0.1) is 0 Å². The maximum absolute atomic E-state index is 11.6. The van der Waals surface area contributed by atoms with E-state index in [-0.39, 0.29) is 30.2 Å². The lowest BCUT2D eigenvalue weighted by atomic mass is 10.3. The van der Waals surface area contributed by atoms with Crippen molar-refractivity contribution in [3.8, 4) is 0 Å². The number of carbonyl (C=O) groups excluding carboxylic acids is 2. The molecule has 0 spiro atoms. The topological polar surface area (TPSA) is 83.1 Å². The third kappa shape index (κ3) is 1.67. The molecule has 6 heteroatoms. The maximum Gasteiger partial charge on any atom is 0.249 e. The van der Waals surface area contributed by atoms with Crippen LogP contribution in [-0.2, 0) is 9.59 Å². The summed E-state index contributed by atoms with van der Waals surface area (Å²) >= 11 is 0. The molecule has 18 heavy (non-hydrogen) atoms. The highest BCUT2D eigenvalue weighted by atomic mass is 16.2. The van der Waals surface area contributed by atoms with Gasteiger partial charge in [-0.25, -0.2) is 4.98 Å². The number of carbonyl (C=O) groups is 2. The van der Waals surface area contributed by atoms with Gasteiger partial charge in [-0.1, -0.05) is 0 Å². The van der Waals surface area contributed by atoms with Crippen molar-refractivity contribution in [3.63, 3.8) is 0 Å². The van der Waals surface area contributed by atoms with E-state index in [9.17, 15) is 14.4 Å². The number of fused-ring (bicyclic) bond motifs is 1. The molecule has 1 fully saturated rings. The maximum atomic E-state index is 11.6. The number of H-pyrrole nitrogens is 1. The Morgan fingerprint density at radius 2 is 1.89 bits per heavy atom. The fraction of sp³-hybridized carbons (Fsp3) is 0.167. The second kappa shape index (κ2) is 3.76. The molecule has 1 aliphatic rings. The van der Waals surface area contributed by atoms with Crippen LogP contribution in [0, 0.1) is 0 Å². The number of amides is 1. The highest BCUT2D eigenvalue weighted by molar-refractivity contribution is 6.14. The Morgan fingerprint density at radius 1 is 1.11 bits per heavy atom. The Morgan fingerprint density at radius 3 is 2.61 bits per heavy atom. The number of anilines is 1. The number of aromatic amines is 1. The molecule has 1 aliphatic heterocycles. The lowest BCUT2D eigenvalue weighted by molar-refractivity contribution is -0.121. The van der Waals surface area contributed by atoms with Gasteiger partial charge in [0.1, 0.15) is 11.5 Å². The molecule has 0 bridgehead atoms. The number of nitrogens with zero attached hydrogens (tertiary/aromatic N) is 2. The smallest absolute Gasteiger partial charge is 0.249 e. The number of hydrogen-bond donors (Lipinski definition) is 1. The molecule has 2 aromatic heterocycles. The van der Waals surface area contributed by atoms with Crippen LogP contribution in [0.3, 0.4) is 0 Å². The zero-order valence-electron chi connectivity index (χ0n) is 9.34. The van der Waals surface area contributed by atoms with E-state index in [1.807, 2.05) is 0 Å². The molecule has 0 aromatic carbocycles. The summed E-state index contributed by atoms with van der Waals surface area (Å²) in [6.45, 7) is 0.0500. The molecule has 6 nitrogen and oxygen atoms in total. The van der Waals surface area contributed by atoms with E-state index < -0.39 is 0 Å². The number of nitrogens with one attached hydrogen (secondary N) is 1. The van der Waals surface area contributed by atoms with Gasteiger partial charge < -0.3 is 4.98 Å². The predicted octanol–water partition coefficient (Wildman–Crippen LogP) is 0.229. The minimum atomic E-state index is -0.259. The average Bonchev–Trinajstić information content (AvgIpc) is 2.67. The number of aromatic nitrogens is 2. The molecule has 0 unspecified atom stereocenters. The summed E-state index contributed by atoms with van der Waals surface area (Å²) in [5, 5.41) is 0.774. The second-order valence-corrected chi connectivity index (χ2v) is 4.13. The van der Waals surface area contributed by atoms with Crippen molar-refractivity contribution >= 4 is 28.5 Å². The largest absolute Gasteiger partial charge is 0.307 e. The van der Waals surface area contributed by atoms with E-state index in [0.29, 0.717) is 11.5 Å². The molecular formula is C12H9N3O3. The summed E-state index contributed by atoms with van der Waals surface area (Å²) < 4.78 is 0. The van der Waals surface area contributed by atoms with Crippen molar-refractivity contribution in [1.29, 1.82) is 0 Å². The van der Waals surface area contributed by atoms with Crippen LogP contribution in [0.25, 0.3) is 11.0 Å². The lowest BCUT2D eigenvalue weighted by Crippen LogP contribution is -2.25. The Hall–Kier alpha value is -2.50. The van der Waals surface area contributed by atoms with Crippen LogP contribution < -0.4 is 10.5 Å². The van der Waals surface area contributed by atoms with Gasteiger partial charge in [-0.3, -0.25) is 19.3 Å². The molecule has 0 radical (unpaired) electrons. The minimum Gasteiger partial charge on any atom is -0.307 e. The van der Waals surface area contributed by atoms with E-state index in [2.05, 4.69) is 9.97 Å². The molecule has 1 saturated heterocycles. The lowest BCUT2D eigenvalue weighted by Gasteiger charge is -2.13. The first kappa shape index (κ1) is 10.6. The second-order valence-electron chi connectivity index (χ2n) is 4.13. The van der Waals surface area contributed by atoms with Crippen LogP contribution in [0.1, 0.15) is 6.42 Å². The first-order valence-corrected chi connectivity index (χ1v) is 5.46. The number of rotatable bonds is 1. The third-order valence-electron chi connectivity index (χ3n) is 2.83. The van der Waals surface area contributed by atoms with E-state index in [4.69, 9.17) is 0 Å². The quantitative estimate of drug-likeness (QED) is 0.727. The Bertz CT molecular complexity index is 720. The van der Waals surface area contributed by atoms with Gasteiger partial charge in [-0.05, 0) is 18.2 Å². The molecular weight excluding hydrogens is 234 g/mol. The minimum absolute atomic E-state index is 0.0500. The number of ketones is 1. The Labute approximate surface area is 101 Å². The first-order valence-electron chi connectivity index (χ1n) is 5.46. The first-order chi connectivity index (χ1) is 8.63. The van der Waals surface area contributed by atoms with Crippen LogP contribution in [0.4, 0.5) is 5.82 Å². The van der Waals surface area contributed by atoms with Crippen molar-refractivity contribution in [3.05, 3.63) is 34.6 Å². The Balaban J connectivity index is 2.10. The van der Waals surface area contributed by atoms with E-state index >= 15 is 0 Å². The van der Waals surface area contributed by atoms with E-state index in [1.54, 1.807) is 18.2 Å². The number of hydrogen-bond acceptors (Lipinski definition) is 4. The van der Waals surface area contributed by atoms with Crippen molar-refractivity contribution in [2.75, 3.05) is 11.4 Å². The molecule has 3 heterocycles. The molecule has 0 aliphatic carbocycles. The van der Waals surface area contributed by atoms with Crippen LogP contribution in [-0.4, -0.2) is 28.2 Å². The van der Waals surface area contributed by atoms with Crippen molar-refractivity contribution in [1.82, 2.24) is 9.97 Å². The van der Waals surface area contributed by atoms with Gasteiger partial charge in [0, 0.05) is 11.5 Å². The molecule has 0 saturated carbocycles. The number of pyridine rings is 2. The van der Waals surface area contributed by atoms with Crippen molar-refractivity contribution in [2.45, 2.75) is 6.42 Å². The summed E-state index contributed by atoms with van der Waals surface area (Å²) in [5.74, 6) is 0.00813. The molecule has 90 valence electrons.